The maximum absolute atomic E-state index is 11.0. The molecule has 1 heterocycles. The minimum Gasteiger partial charge on any atom is -0.464 e. The van der Waals surface area contributed by atoms with Crippen molar-refractivity contribution in [3.8, 4) is 11.9 Å². The van der Waals surface area contributed by atoms with Crippen LogP contribution in [0.15, 0.2) is 6.20 Å². The van der Waals surface area contributed by atoms with Crippen LogP contribution in [0.25, 0.3) is 0 Å². The van der Waals surface area contributed by atoms with E-state index in [4.69, 9.17) is 15.7 Å². The highest BCUT2D eigenvalue weighted by Crippen LogP contribution is 2.12. The molecule has 0 aliphatic heterocycles. The minimum absolute atomic E-state index is 0.0292. The van der Waals surface area contributed by atoms with Gasteiger partial charge in [0, 0.05) is 0 Å². The van der Waals surface area contributed by atoms with Crippen LogP contribution in [0.4, 0.5) is 5.82 Å². The van der Waals surface area contributed by atoms with Crippen molar-refractivity contribution in [1.82, 2.24) is 9.97 Å². The molecule has 2 N–H and O–H groups in total. The van der Waals surface area contributed by atoms with Crippen LogP contribution in [-0.4, -0.2) is 29.2 Å². The van der Waals surface area contributed by atoms with Gasteiger partial charge in [-0.05, 0) is 6.92 Å². The number of anilines is 1. The Morgan fingerprint density at radius 3 is 3.06 bits per heavy atom. The summed E-state index contributed by atoms with van der Waals surface area (Å²) in [6.45, 7) is 1.61. The summed E-state index contributed by atoms with van der Waals surface area (Å²) in [4.78, 5) is 18.4. The zero-order valence-electron chi connectivity index (χ0n) is 8.64. The standard InChI is InChI=1S/C9H10N4O3/c1-2-15-8(14)5-16-9-6(3-10)12-4-7(11)13-9/h4H,2,5H2,1H3,(H2,11,13). The Kier molecular flexibility index (Phi) is 4.03. The fourth-order valence-electron chi connectivity index (χ4n) is 0.892. The summed E-state index contributed by atoms with van der Waals surface area (Å²) in [6.07, 6.45) is 1.23. The fraction of sp³-hybridized carbons (Fsp3) is 0.333. The summed E-state index contributed by atoms with van der Waals surface area (Å²) in [5.41, 5.74) is 5.34. The van der Waals surface area contributed by atoms with Gasteiger partial charge in [-0.1, -0.05) is 0 Å². The molecule has 0 atom stereocenters. The predicted octanol–water partition coefficient (Wildman–Crippen LogP) is -0.128. The molecule has 1 rings (SSSR count). The number of nitriles is 1. The lowest BCUT2D eigenvalue weighted by atomic mass is 10.4. The van der Waals surface area contributed by atoms with Crippen molar-refractivity contribution in [2.24, 2.45) is 0 Å². The van der Waals surface area contributed by atoms with Crippen LogP contribution in [0.1, 0.15) is 12.6 Å². The van der Waals surface area contributed by atoms with Gasteiger partial charge in [-0.15, -0.1) is 0 Å². The number of rotatable bonds is 4. The third-order valence-corrected chi connectivity index (χ3v) is 1.50. The highest BCUT2D eigenvalue weighted by atomic mass is 16.6. The van der Waals surface area contributed by atoms with E-state index < -0.39 is 5.97 Å². The first-order valence-corrected chi connectivity index (χ1v) is 4.48. The Hall–Kier alpha value is -2.36. The lowest BCUT2D eigenvalue weighted by Gasteiger charge is -2.05. The van der Waals surface area contributed by atoms with Gasteiger partial charge in [-0.25, -0.2) is 9.78 Å². The van der Waals surface area contributed by atoms with E-state index in [1.54, 1.807) is 13.0 Å². The number of aromatic nitrogens is 2. The molecule has 0 spiro atoms. The van der Waals surface area contributed by atoms with E-state index in [1.165, 1.54) is 6.20 Å². The van der Waals surface area contributed by atoms with E-state index in [2.05, 4.69) is 14.7 Å². The first kappa shape index (κ1) is 11.7. The smallest absolute Gasteiger partial charge is 0.344 e. The molecule has 0 aliphatic rings. The molecule has 0 bridgehead atoms. The molecule has 1 aromatic rings. The summed E-state index contributed by atoms with van der Waals surface area (Å²) in [5, 5.41) is 8.69. The molecule has 0 radical (unpaired) electrons. The number of carbonyl (C=O) groups excluding carboxylic acids is 1. The number of nitrogens with zero attached hydrogens (tertiary/aromatic N) is 3. The Morgan fingerprint density at radius 1 is 1.69 bits per heavy atom. The number of carbonyl (C=O) groups is 1. The lowest BCUT2D eigenvalue weighted by Crippen LogP contribution is -2.16. The summed E-state index contributed by atoms with van der Waals surface area (Å²) < 4.78 is 9.61. The number of ether oxygens (including phenoxy) is 2. The second-order valence-corrected chi connectivity index (χ2v) is 2.65. The van der Waals surface area contributed by atoms with E-state index >= 15 is 0 Å². The largest absolute Gasteiger partial charge is 0.464 e. The predicted molar refractivity (Wildman–Crippen MR) is 53.3 cm³/mol. The van der Waals surface area contributed by atoms with Gasteiger partial charge in [-0.2, -0.15) is 10.2 Å². The lowest BCUT2D eigenvalue weighted by molar-refractivity contribution is -0.145. The molecule has 16 heavy (non-hydrogen) atoms. The van der Waals surface area contributed by atoms with Crippen molar-refractivity contribution in [1.29, 1.82) is 5.26 Å². The molecule has 1 aromatic heterocycles. The van der Waals surface area contributed by atoms with Gasteiger partial charge < -0.3 is 15.2 Å². The van der Waals surface area contributed by atoms with E-state index in [0.29, 0.717) is 0 Å². The van der Waals surface area contributed by atoms with E-state index in [-0.39, 0.29) is 30.6 Å². The average molecular weight is 222 g/mol. The SMILES string of the molecule is CCOC(=O)COc1nc(N)cnc1C#N. The highest BCUT2D eigenvalue weighted by molar-refractivity contribution is 5.71. The Labute approximate surface area is 91.8 Å². The van der Waals surface area contributed by atoms with Crippen molar-refractivity contribution in [2.75, 3.05) is 18.9 Å². The van der Waals surface area contributed by atoms with Crippen LogP contribution in [0.5, 0.6) is 5.88 Å². The van der Waals surface area contributed by atoms with Crippen molar-refractivity contribution in [2.45, 2.75) is 6.92 Å². The number of hydrogen-bond acceptors (Lipinski definition) is 7. The summed E-state index contributed by atoms with van der Waals surface area (Å²) in [6, 6.07) is 1.77. The molecule has 7 nitrogen and oxygen atoms in total. The number of nitrogens with two attached hydrogens (primary N) is 1. The summed E-state index contributed by atoms with van der Waals surface area (Å²) in [7, 11) is 0. The molecule has 0 saturated heterocycles. The molecule has 0 unspecified atom stereocenters. The monoisotopic (exact) mass is 222 g/mol. The van der Waals surface area contributed by atoms with Crippen LogP contribution in [0.2, 0.25) is 0 Å². The number of nitrogen functional groups attached to an aromatic ring is 1. The number of hydrogen-bond donors (Lipinski definition) is 1. The van der Waals surface area contributed by atoms with Gasteiger partial charge in [0.25, 0.3) is 5.88 Å². The topological polar surface area (TPSA) is 111 Å². The first-order chi connectivity index (χ1) is 7.67. The van der Waals surface area contributed by atoms with Crippen molar-refractivity contribution < 1.29 is 14.3 Å². The van der Waals surface area contributed by atoms with Crippen molar-refractivity contribution in [3.63, 3.8) is 0 Å². The van der Waals surface area contributed by atoms with Crippen LogP contribution >= 0.6 is 0 Å². The zero-order chi connectivity index (χ0) is 12.0. The molecule has 0 aromatic carbocycles. The minimum atomic E-state index is -0.546. The summed E-state index contributed by atoms with van der Waals surface area (Å²) >= 11 is 0. The van der Waals surface area contributed by atoms with Crippen LogP contribution in [0, 0.1) is 11.3 Å². The second kappa shape index (κ2) is 5.50. The van der Waals surface area contributed by atoms with Crippen LogP contribution in [0.3, 0.4) is 0 Å². The second-order valence-electron chi connectivity index (χ2n) is 2.65. The maximum Gasteiger partial charge on any atom is 0.344 e. The zero-order valence-corrected chi connectivity index (χ0v) is 8.64. The Balaban J connectivity index is 2.70. The molecule has 7 heteroatoms. The fourth-order valence-corrected chi connectivity index (χ4v) is 0.892. The Bertz CT molecular complexity index is 427. The van der Waals surface area contributed by atoms with Crippen molar-refractivity contribution >= 4 is 11.8 Å². The molecule has 0 fully saturated rings. The van der Waals surface area contributed by atoms with E-state index in [0.717, 1.165) is 0 Å². The first-order valence-electron chi connectivity index (χ1n) is 4.48. The third-order valence-electron chi connectivity index (χ3n) is 1.50. The van der Waals surface area contributed by atoms with Gasteiger partial charge in [0.1, 0.15) is 11.9 Å². The average Bonchev–Trinajstić information content (AvgIpc) is 2.27. The van der Waals surface area contributed by atoms with Gasteiger partial charge >= 0.3 is 5.97 Å². The third kappa shape index (κ3) is 3.09. The van der Waals surface area contributed by atoms with Gasteiger partial charge in [-0.3, -0.25) is 0 Å². The molecular formula is C9H10N4O3. The van der Waals surface area contributed by atoms with Gasteiger partial charge in [0.15, 0.2) is 6.61 Å². The van der Waals surface area contributed by atoms with E-state index in [9.17, 15) is 4.79 Å². The van der Waals surface area contributed by atoms with E-state index in [1.807, 2.05) is 0 Å². The van der Waals surface area contributed by atoms with Crippen LogP contribution < -0.4 is 10.5 Å². The molecule has 84 valence electrons. The quantitative estimate of drug-likeness (QED) is 0.706. The molecule has 0 amide bonds. The molecular weight excluding hydrogens is 212 g/mol. The summed E-state index contributed by atoms with van der Waals surface area (Å²) in [5.74, 6) is -0.510. The van der Waals surface area contributed by atoms with Gasteiger partial charge in [0.05, 0.1) is 12.8 Å². The van der Waals surface area contributed by atoms with Gasteiger partial charge in [0.2, 0.25) is 5.69 Å². The van der Waals surface area contributed by atoms with Crippen LogP contribution in [-0.2, 0) is 9.53 Å². The Morgan fingerprint density at radius 2 is 2.44 bits per heavy atom. The molecule has 0 saturated carbocycles. The highest BCUT2D eigenvalue weighted by Gasteiger charge is 2.10. The maximum atomic E-state index is 11.0. The van der Waals surface area contributed by atoms with Crippen molar-refractivity contribution in [3.05, 3.63) is 11.9 Å². The molecule has 0 aliphatic carbocycles. The number of esters is 1. The normalized spacial score (nSPS) is 9.25.